The average molecular weight is 433 g/mol. The number of aliphatic imine (C=N–C) groups is 2. The third-order valence-electron chi connectivity index (χ3n) is 5.88. The number of rotatable bonds is 16. The van der Waals surface area contributed by atoms with Crippen molar-refractivity contribution in [3.05, 3.63) is 59.7 Å². The third-order valence-corrected chi connectivity index (χ3v) is 5.88. The average Bonchev–Trinajstić information content (AvgIpc) is 2.82. The van der Waals surface area contributed by atoms with Gasteiger partial charge in [-0.05, 0) is 73.9 Å². The number of benzene rings is 2. The Bertz CT molecular complexity index is 819. The van der Waals surface area contributed by atoms with E-state index in [0.29, 0.717) is 0 Å². The zero-order chi connectivity index (χ0) is 22.9. The summed E-state index contributed by atoms with van der Waals surface area (Å²) in [5, 5.41) is 0. The molecule has 0 bridgehead atoms. The van der Waals surface area contributed by atoms with Gasteiger partial charge in [0.1, 0.15) is 0 Å². The summed E-state index contributed by atoms with van der Waals surface area (Å²) in [6.07, 6.45) is 17.9. The van der Waals surface area contributed by atoms with Gasteiger partial charge >= 0.3 is 0 Å². The van der Waals surface area contributed by atoms with Crippen LogP contribution in [-0.2, 0) is 12.8 Å². The van der Waals surface area contributed by atoms with Gasteiger partial charge in [0.05, 0.1) is 17.1 Å². The molecule has 0 unspecified atom stereocenters. The van der Waals surface area contributed by atoms with E-state index in [2.05, 4.69) is 69.3 Å². The summed E-state index contributed by atoms with van der Waals surface area (Å²) in [5.74, 6) is 0. The summed E-state index contributed by atoms with van der Waals surface area (Å²) in [6, 6.07) is 17.4. The Labute approximate surface area is 197 Å². The molecule has 0 fully saturated rings. The first-order valence-electron chi connectivity index (χ1n) is 13.0. The Hall–Kier alpha value is -2.22. The zero-order valence-corrected chi connectivity index (χ0v) is 20.8. The number of nitrogens with zero attached hydrogens (tertiary/aromatic N) is 2. The van der Waals surface area contributed by atoms with E-state index < -0.39 is 0 Å². The van der Waals surface area contributed by atoms with Crippen LogP contribution in [0.15, 0.2) is 58.5 Å². The second kappa shape index (κ2) is 16.4. The largest absolute Gasteiger partial charge is 0.255 e. The van der Waals surface area contributed by atoms with E-state index in [1.807, 2.05) is 6.21 Å². The van der Waals surface area contributed by atoms with Gasteiger partial charge in [0.2, 0.25) is 0 Å². The topological polar surface area (TPSA) is 24.7 Å². The smallest absolute Gasteiger partial charge is 0.0636 e. The molecule has 0 atom stereocenters. The minimum absolute atomic E-state index is 0.970. The standard InChI is InChI=1S/C30H44N2/c1-4-7-10-12-16-26-18-14-21-28(23-26)31-25-30(20-9-6-3)32-29-22-15-19-27(24-29)17-13-11-8-5-2/h14-15,18-19,21-25H,4-13,16-17,20H2,1-3H3. The first-order valence-corrected chi connectivity index (χ1v) is 13.0. The number of hydrogen-bond acceptors (Lipinski definition) is 2. The minimum Gasteiger partial charge on any atom is -0.255 e. The molecule has 2 aromatic carbocycles. The molecule has 0 spiro atoms. The number of aryl methyl sites for hydroxylation is 2. The summed E-state index contributed by atoms with van der Waals surface area (Å²) < 4.78 is 0. The highest BCUT2D eigenvalue weighted by atomic mass is 14.8. The fourth-order valence-corrected chi connectivity index (χ4v) is 3.91. The van der Waals surface area contributed by atoms with Crippen molar-refractivity contribution in [3.8, 4) is 0 Å². The van der Waals surface area contributed by atoms with Crippen LogP contribution in [0.2, 0.25) is 0 Å². The Balaban J connectivity index is 2.06. The molecule has 0 aromatic heterocycles. The van der Waals surface area contributed by atoms with E-state index >= 15 is 0 Å². The van der Waals surface area contributed by atoms with Gasteiger partial charge in [-0.1, -0.05) is 90.0 Å². The van der Waals surface area contributed by atoms with Gasteiger partial charge in [-0.2, -0.15) is 0 Å². The van der Waals surface area contributed by atoms with E-state index in [-0.39, 0.29) is 0 Å². The van der Waals surface area contributed by atoms with Crippen molar-refractivity contribution in [2.24, 2.45) is 9.98 Å². The molecule has 0 N–H and O–H groups in total. The maximum atomic E-state index is 4.98. The van der Waals surface area contributed by atoms with Crippen LogP contribution in [0.4, 0.5) is 11.4 Å². The molecule has 0 aliphatic carbocycles. The Morgan fingerprint density at radius 3 is 1.81 bits per heavy atom. The fourth-order valence-electron chi connectivity index (χ4n) is 3.91. The normalized spacial score (nSPS) is 12.0. The molecule has 0 saturated carbocycles. The van der Waals surface area contributed by atoms with Gasteiger partial charge in [0.15, 0.2) is 0 Å². The van der Waals surface area contributed by atoms with Gasteiger partial charge in [-0.15, -0.1) is 0 Å². The lowest BCUT2D eigenvalue weighted by atomic mass is 10.1. The molecule has 2 nitrogen and oxygen atoms in total. The maximum absolute atomic E-state index is 4.98. The molecule has 0 saturated heterocycles. The lowest BCUT2D eigenvalue weighted by molar-refractivity contribution is 0.667. The quantitative estimate of drug-likeness (QED) is 0.186. The van der Waals surface area contributed by atoms with Crippen molar-refractivity contribution in [2.75, 3.05) is 0 Å². The van der Waals surface area contributed by atoms with Crippen LogP contribution in [0, 0.1) is 0 Å². The van der Waals surface area contributed by atoms with Gasteiger partial charge in [0, 0.05) is 6.21 Å². The maximum Gasteiger partial charge on any atom is 0.0636 e. The van der Waals surface area contributed by atoms with Crippen molar-refractivity contribution in [1.29, 1.82) is 0 Å². The molecular weight excluding hydrogens is 388 g/mol. The van der Waals surface area contributed by atoms with Crippen LogP contribution in [0.3, 0.4) is 0 Å². The molecule has 174 valence electrons. The SMILES string of the molecule is CCCCCCc1cccc(N=CC(CCCC)=Nc2cccc(CCCCCC)c2)c1. The molecule has 2 rings (SSSR count). The Morgan fingerprint density at radius 2 is 1.22 bits per heavy atom. The third kappa shape index (κ3) is 10.9. The zero-order valence-electron chi connectivity index (χ0n) is 20.8. The van der Waals surface area contributed by atoms with Crippen LogP contribution in [0.1, 0.15) is 103 Å². The van der Waals surface area contributed by atoms with Crippen molar-refractivity contribution < 1.29 is 0 Å². The van der Waals surface area contributed by atoms with Crippen LogP contribution in [-0.4, -0.2) is 11.9 Å². The van der Waals surface area contributed by atoms with Gasteiger partial charge in [-0.3, -0.25) is 9.98 Å². The monoisotopic (exact) mass is 432 g/mol. The molecule has 0 amide bonds. The molecule has 32 heavy (non-hydrogen) atoms. The van der Waals surface area contributed by atoms with Crippen LogP contribution < -0.4 is 0 Å². The number of hydrogen-bond donors (Lipinski definition) is 0. The summed E-state index contributed by atoms with van der Waals surface area (Å²) in [5.41, 5.74) is 5.94. The second-order valence-electron chi connectivity index (χ2n) is 8.93. The van der Waals surface area contributed by atoms with Gasteiger partial charge in [0.25, 0.3) is 0 Å². The van der Waals surface area contributed by atoms with E-state index in [4.69, 9.17) is 9.98 Å². The van der Waals surface area contributed by atoms with Crippen molar-refractivity contribution >= 4 is 23.3 Å². The fraction of sp³-hybridized carbons (Fsp3) is 0.533. The second-order valence-corrected chi connectivity index (χ2v) is 8.93. The van der Waals surface area contributed by atoms with E-state index in [0.717, 1.165) is 49.2 Å². The Morgan fingerprint density at radius 1 is 0.656 bits per heavy atom. The van der Waals surface area contributed by atoms with Crippen molar-refractivity contribution in [3.63, 3.8) is 0 Å². The highest BCUT2D eigenvalue weighted by Gasteiger charge is 2.01. The van der Waals surface area contributed by atoms with Crippen molar-refractivity contribution in [2.45, 2.75) is 104 Å². The first-order chi connectivity index (χ1) is 15.7. The summed E-state index contributed by atoms with van der Waals surface area (Å²) in [7, 11) is 0. The van der Waals surface area contributed by atoms with Gasteiger partial charge < -0.3 is 0 Å². The highest BCUT2D eigenvalue weighted by molar-refractivity contribution is 6.31. The predicted octanol–water partition coefficient (Wildman–Crippen LogP) is 9.60. The van der Waals surface area contributed by atoms with Crippen LogP contribution in [0.25, 0.3) is 0 Å². The summed E-state index contributed by atoms with van der Waals surface area (Å²) in [6.45, 7) is 6.75. The number of unbranched alkanes of at least 4 members (excludes halogenated alkanes) is 7. The highest BCUT2D eigenvalue weighted by Crippen LogP contribution is 2.19. The van der Waals surface area contributed by atoms with Crippen LogP contribution in [0.5, 0.6) is 0 Å². The van der Waals surface area contributed by atoms with Crippen LogP contribution >= 0.6 is 0 Å². The minimum atomic E-state index is 0.970. The first kappa shape index (κ1) is 26.0. The molecule has 0 aliphatic rings. The summed E-state index contributed by atoms with van der Waals surface area (Å²) in [4.78, 5) is 9.77. The molecular formula is C30H44N2. The lowest BCUT2D eigenvalue weighted by Crippen LogP contribution is -1.99. The molecule has 0 aliphatic heterocycles. The molecule has 2 heteroatoms. The van der Waals surface area contributed by atoms with E-state index in [1.54, 1.807) is 0 Å². The van der Waals surface area contributed by atoms with Gasteiger partial charge in [-0.25, -0.2) is 0 Å². The molecule has 0 heterocycles. The molecule has 2 aromatic rings. The Kier molecular flexibility index (Phi) is 13.4. The van der Waals surface area contributed by atoms with Crippen molar-refractivity contribution in [1.82, 2.24) is 0 Å². The molecule has 0 radical (unpaired) electrons. The van der Waals surface area contributed by atoms with E-state index in [1.165, 1.54) is 62.5 Å². The van der Waals surface area contributed by atoms with E-state index in [9.17, 15) is 0 Å². The summed E-state index contributed by atoms with van der Waals surface area (Å²) >= 11 is 0. The predicted molar refractivity (Wildman–Crippen MR) is 143 cm³/mol. The lowest BCUT2D eigenvalue weighted by Gasteiger charge is -2.05.